The molecule has 25 heavy (non-hydrogen) atoms. The fourth-order valence-corrected chi connectivity index (χ4v) is 2.87. The van der Waals surface area contributed by atoms with Gasteiger partial charge in [-0.25, -0.2) is 4.98 Å². The number of benzene rings is 2. The minimum absolute atomic E-state index is 0.662. The van der Waals surface area contributed by atoms with Gasteiger partial charge in [0.15, 0.2) is 0 Å². The van der Waals surface area contributed by atoms with Gasteiger partial charge in [0, 0.05) is 10.9 Å². The third kappa shape index (κ3) is 4.58. The second-order valence-electron chi connectivity index (χ2n) is 5.14. The Morgan fingerprint density at radius 3 is 2.48 bits per heavy atom. The van der Waals surface area contributed by atoms with Gasteiger partial charge in [0.2, 0.25) is 5.13 Å². The summed E-state index contributed by atoms with van der Waals surface area (Å²) in [5.41, 5.74) is 5.91. The van der Waals surface area contributed by atoms with Gasteiger partial charge < -0.3 is 9.47 Å². The lowest BCUT2D eigenvalue weighted by Crippen LogP contribution is -1.92. The van der Waals surface area contributed by atoms with E-state index in [4.69, 9.17) is 9.47 Å². The van der Waals surface area contributed by atoms with Crippen molar-refractivity contribution >= 4 is 22.7 Å². The first-order valence-corrected chi connectivity index (χ1v) is 8.78. The molecule has 0 saturated heterocycles. The van der Waals surface area contributed by atoms with Crippen LogP contribution in [-0.4, -0.2) is 24.9 Å². The molecule has 0 atom stereocenters. The van der Waals surface area contributed by atoms with Crippen LogP contribution in [0.3, 0.4) is 0 Å². The van der Waals surface area contributed by atoms with Crippen molar-refractivity contribution in [3.63, 3.8) is 0 Å². The highest BCUT2D eigenvalue weighted by Crippen LogP contribution is 2.26. The number of nitrogens with one attached hydrogen (secondary N) is 1. The van der Waals surface area contributed by atoms with Crippen molar-refractivity contribution in [3.05, 3.63) is 59.5 Å². The summed E-state index contributed by atoms with van der Waals surface area (Å²) in [6.07, 6.45) is 1.75. The Balaban J connectivity index is 1.60. The second kappa shape index (κ2) is 8.30. The lowest BCUT2D eigenvalue weighted by molar-refractivity contribution is 0.340. The predicted octanol–water partition coefficient (Wildman–Crippen LogP) is 4.66. The zero-order chi connectivity index (χ0) is 17.5. The summed E-state index contributed by atoms with van der Waals surface area (Å²) >= 11 is 1.51. The van der Waals surface area contributed by atoms with Gasteiger partial charge in [0.25, 0.3) is 0 Å². The van der Waals surface area contributed by atoms with E-state index in [9.17, 15) is 0 Å². The van der Waals surface area contributed by atoms with Gasteiger partial charge in [-0.2, -0.15) is 5.10 Å². The Hall–Kier alpha value is -2.86. The van der Waals surface area contributed by atoms with Crippen LogP contribution in [0, 0.1) is 0 Å². The quantitative estimate of drug-likeness (QED) is 0.496. The highest BCUT2D eigenvalue weighted by Gasteiger charge is 2.04. The van der Waals surface area contributed by atoms with E-state index in [0.717, 1.165) is 33.5 Å². The fraction of sp³-hybridized carbons (Fsp3) is 0.158. The van der Waals surface area contributed by atoms with Crippen molar-refractivity contribution in [2.45, 2.75) is 6.92 Å². The molecule has 3 aromatic rings. The highest BCUT2D eigenvalue weighted by atomic mass is 32.1. The second-order valence-corrected chi connectivity index (χ2v) is 6.00. The van der Waals surface area contributed by atoms with Gasteiger partial charge in [-0.15, -0.1) is 11.3 Å². The number of hydrogen-bond acceptors (Lipinski definition) is 6. The molecule has 5 nitrogen and oxygen atoms in total. The van der Waals surface area contributed by atoms with E-state index >= 15 is 0 Å². The molecule has 0 aliphatic rings. The van der Waals surface area contributed by atoms with Crippen molar-refractivity contribution < 1.29 is 9.47 Å². The Bertz CT molecular complexity index is 827. The van der Waals surface area contributed by atoms with Crippen LogP contribution >= 0.6 is 11.3 Å². The Morgan fingerprint density at radius 1 is 1.08 bits per heavy atom. The summed E-state index contributed by atoms with van der Waals surface area (Å²) in [5.74, 6) is 1.69. The molecule has 1 aromatic heterocycles. The third-order valence-electron chi connectivity index (χ3n) is 3.45. The molecule has 1 heterocycles. The monoisotopic (exact) mass is 353 g/mol. The van der Waals surface area contributed by atoms with Gasteiger partial charge in [-0.05, 0) is 61.0 Å². The largest absolute Gasteiger partial charge is 0.497 e. The van der Waals surface area contributed by atoms with Gasteiger partial charge in [0.05, 0.1) is 25.6 Å². The molecule has 0 saturated carbocycles. The van der Waals surface area contributed by atoms with E-state index in [0.29, 0.717) is 6.61 Å². The normalized spacial score (nSPS) is 10.8. The van der Waals surface area contributed by atoms with Crippen LogP contribution in [0.1, 0.15) is 12.5 Å². The number of anilines is 1. The molecule has 0 aliphatic heterocycles. The topological polar surface area (TPSA) is 55.7 Å². The first-order valence-electron chi connectivity index (χ1n) is 7.90. The molecular formula is C19H19N3O2S. The Morgan fingerprint density at radius 2 is 1.80 bits per heavy atom. The van der Waals surface area contributed by atoms with Crippen molar-refractivity contribution in [1.29, 1.82) is 0 Å². The molecular weight excluding hydrogens is 334 g/mol. The molecule has 128 valence electrons. The standard InChI is InChI=1S/C19H19N3O2S/c1-3-24-17-8-4-14(5-9-17)12-20-22-19-21-18(13-25-19)15-6-10-16(23-2)11-7-15/h4-13H,3H2,1-2H3,(H,21,22)/b20-12+. The van der Waals surface area contributed by atoms with Crippen molar-refractivity contribution in [3.8, 4) is 22.8 Å². The van der Waals surface area contributed by atoms with E-state index in [1.165, 1.54) is 11.3 Å². The molecule has 0 unspecified atom stereocenters. The minimum Gasteiger partial charge on any atom is -0.497 e. The van der Waals surface area contributed by atoms with E-state index < -0.39 is 0 Å². The van der Waals surface area contributed by atoms with E-state index in [2.05, 4.69) is 15.5 Å². The van der Waals surface area contributed by atoms with Crippen molar-refractivity contribution in [1.82, 2.24) is 4.98 Å². The van der Waals surface area contributed by atoms with Crippen LogP contribution in [0.15, 0.2) is 59.0 Å². The van der Waals surface area contributed by atoms with Crippen molar-refractivity contribution in [2.24, 2.45) is 5.10 Å². The molecule has 0 bridgehead atoms. The zero-order valence-electron chi connectivity index (χ0n) is 14.1. The molecule has 0 fully saturated rings. The van der Waals surface area contributed by atoms with Gasteiger partial charge in [0.1, 0.15) is 11.5 Å². The maximum Gasteiger partial charge on any atom is 0.203 e. The fourth-order valence-electron chi connectivity index (χ4n) is 2.20. The van der Waals surface area contributed by atoms with E-state index in [1.54, 1.807) is 13.3 Å². The maximum atomic E-state index is 5.42. The molecule has 0 radical (unpaired) electrons. The Labute approximate surface area is 151 Å². The summed E-state index contributed by atoms with van der Waals surface area (Å²) in [4.78, 5) is 4.54. The summed E-state index contributed by atoms with van der Waals surface area (Å²) < 4.78 is 10.6. The van der Waals surface area contributed by atoms with Gasteiger partial charge in [-0.3, -0.25) is 5.43 Å². The van der Waals surface area contributed by atoms with Crippen LogP contribution in [0.5, 0.6) is 11.5 Å². The first kappa shape index (κ1) is 17.0. The number of ether oxygens (including phenoxy) is 2. The summed E-state index contributed by atoms with van der Waals surface area (Å²) in [7, 11) is 1.66. The maximum absolute atomic E-state index is 5.42. The zero-order valence-corrected chi connectivity index (χ0v) is 14.9. The molecule has 0 aliphatic carbocycles. The first-order chi connectivity index (χ1) is 12.3. The number of methoxy groups -OCH3 is 1. The molecule has 2 aromatic carbocycles. The molecule has 3 rings (SSSR count). The predicted molar refractivity (Wildman–Crippen MR) is 103 cm³/mol. The average molecular weight is 353 g/mol. The number of nitrogens with zero attached hydrogens (tertiary/aromatic N) is 2. The number of thiazole rings is 1. The minimum atomic E-state index is 0.662. The summed E-state index contributed by atoms with van der Waals surface area (Å²) in [5, 5.41) is 6.97. The average Bonchev–Trinajstić information content (AvgIpc) is 3.12. The summed E-state index contributed by atoms with van der Waals surface area (Å²) in [6.45, 7) is 2.63. The van der Waals surface area contributed by atoms with Gasteiger partial charge >= 0.3 is 0 Å². The number of hydrazone groups is 1. The van der Waals surface area contributed by atoms with Crippen LogP contribution in [0.2, 0.25) is 0 Å². The smallest absolute Gasteiger partial charge is 0.203 e. The van der Waals surface area contributed by atoms with Crippen LogP contribution in [-0.2, 0) is 0 Å². The lowest BCUT2D eigenvalue weighted by atomic mass is 10.2. The van der Waals surface area contributed by atoms with Crippen LogP contribution in [0.25, 0.3) is 11.3 Å². The lowest BCUT2D eigenvalue weighted by Gasteiger charge is -2.02. The number of rotatable bonds is 7. The van der Waals surface area contributed by atoms with Gasteiger partial charge in [-0.1, -0.05) is 0 Å². The molecule has 1 N–H and O–H groups in total. The number of aromatic nitrogens is 1. The van der Waals surface area contributed by atoms with Crippen LogP contribution < -0.4 is 14.9 Å². The molecule has 6 heteroatoms. The third-order valence-corrected chi connectivity index (χ3v) is 4.20. The van der Waals surface area contributed by atoms with E-state index in [1.807, 2.05) is 60.8 Å². The molecule has 0 amide bonds. The van der Waals surface area contributed by atoms with E-state index in [-0.39, 0.29) is 0 Å². The number of hydrogen-bond donors (Lipinski definition) is 1. The van der Waals surface area contributed by atoms with Crippen LogP contribution in [0.4, 0.5) is 5.13 Å². The SMILES string of the molecule is CCOc1ccc(/C=N/Nc2nc(-c3ccc(OC)cc3)cs2)cc1. The highest BCUT2D eigenvalue weighted by molar-refractivity contribution is 7.14. The summed E-state index contributed by atoms with van der Waals surface area (Å²) in [6, 6.07) is 15.6. The molecule has 0 spiro atoms. The van der Waals surface area contributed by atoms with Crippen molar-refractivity contribution in [2.75, 3.05) is 19.1 Å². The Kier molecular flexibility index (Phi) is 5.64.